The summed E-state index contributed by atoms with van der Waals surface area (Å²) in [7, 11) is 1.62. The molecule has 1 unspecified atom stereocenters. The molecule has 3 rings (SSSR count). The molecule has 1 aliphatic rings. The maximum Gasteiger partial charge on any atom is 0.231 e. The zero-order valence-corrected chi connectivity index (χ0v) is 14.2. The van der Waals surface area contributed by atoms with E-state index in [1.807, 2.05) is 48.6 Å². The summed E-state index contributed by atoms with van der Waals surface area (Å²) in [6.07, 6.45) is 3.27. The number of aliphatic imine (C=N–C) groups is 1. The van der Waals surface area contributed by atoms with Gasteiger partial charge in [-0.05, 0) is 24.6 Å². The Kier molecular flexibility index (Phi) is 4.33. The molecule has 0 bridgehead atoms. The van der Waals surface area contributed by atoms with Crippen LogP contribution in [0.2, 0.25) is 0 Å². The molecule has 1 aliphatic heterocycles. The summed E-state index contributed by atoms with van der Waals surface area (Å²) < 4.78 is 0. The summed E-state index contributed by atoms with van der Waals surface area (Å²) >= 11 is 0. The number of carbonyl (C=O) groups is 1. The van der Waals surface area contributed by atoms with Crippen LogP contribution in [0, 0.1) is 5.41 Å². The first-order valence-corrected chi connectivity index (χ1v) is 7.95. The smallest absolute Gasteiger partial charge is 0.231 e. The Bertz CT molecular complexity index is 848. The number of carbonyl (C=O) groups excluding carboxylic acids is 1. The summed E-state index contributed by atoms with van der Waals surface area (Å²) in [5.41, 5.74) is 7.63. The van der Waals surface area contributed by atoms with E-state index in [0.717, 1.165) is 22.6 Å². The molecule has 25 heavy (non-hydrogen) atoms. The van der Waals surface area contributed by atoms with E-state index in [0.29, 0.717) is 0 Å². The largest absolute Gasteiger partial charge is 0.369 e. The zero-order valence-electron chi connectivity index (χ0n) is 14.2. The van der Waals surface area contributed by atoms with E-state index in [-0.39, 0.29) is 18.3 Å². The number of aromatic nitrogens is 1. The first-order chi connectivity index (χ1) is 11.9. The molecule has 0 aliphatic carbocycles. The zero-order chi connectivity index (χ0) is 18.0. The van der Waals surface area contributed by atoms with E-state index in [2.05, 4.69) is 9.98 Å². The van der Waals surface area contributed by atoms with Crippen LogP contribution in [0.15, 0.2) is 47.6 Å². The highest BCUT2D eigenvalue weighted by atomic mass is 16.2. The molecular formula is C18H21N6O+. The molecule has 2 heterocycles. The predicted octanol–water partition coefficient (Wildman–Crippen LogP) is 0.998. The predicted molar refractivity (Wildman–Crippen MR) is 96.2 cm³/mol. The SMILES string of the molecule is CN1C(=O)CC(C)(c2ccc([NH2+]c3ccccn3)c(C=N)c2)N=C1N. The molecule has 0 radical (unpaired) electrons. The Hall–Kier alpha value is -3.06. The lowest BCUT2D eigenvalue weighted by Gasteiger charge is -2.33. The minimum atomic E-state index is -0.727. The van der Waals surface area contributed by atoms with Gasteiger partial charge < -0.3 is 11.1 Å². The summed E-state index contributed by atoms with van der Waals surface area (Å²) in [5.74, 6) is 0.955. The second-order valence-electron chi connectivity index (χ2n) is 6.26. The van der Waals surface area contributed by atoms with Crippen molar-refractivity contribution < 1.29 is 10.1 Å². The van der Waals surface area contributed by atoms with Crippen LogP contribution in [0.4, 0.5) is 11.5 Å². The Morgan fingerprint density at radius 3 is 2.80 bits per heavy atom. The number of rotatable bonds is 4. The maximum absolute atomic E-state index is 12.2. The quantitative estimate of drug-likeness (QED) is 0.571. The molecule has 0 spiro atoms. The fourth-order valence-electron chi connectivity index (χ4n) is 2.86. The molecule has 7 nitrogen and oxygen atoms in total. The number of nitrogens with zero attached hydrogens (tertiary/aromatic N) is 3. The number of hydrogen-bond acceptors (Lipinski definition) is 5. The molecule has 7 heteroatoms. The van der Waals surface area contributed by atoms with Gasteiger partial charge in [-0.2, -0.15) is 0 Å². The summed E-state index contributed by atoms with van der Waals surface area (Å²) in [5, 5.41) is 9.66. The average Bonchev–Trinajstić information content (AvgIpc) is 2.60. The van der Waals surface area contributed by atoms with Gasteiger partial charge in [-0.1, -0.05) is 12.1 Å². The molecule has 1 amide bonds. The van der Waals surface area contributed by atoms with Gasteiger partial charge in [0.05, 0.1) is 17.5 Å². The molecule has 128 valence electrons. The minimum absolute atomic E-state index is 0.0736. The highest BCUT2D eigenvalue weighted by Gasteiger charge is 2.36. The summed E-state index contributed by atoms with van der Waals surface area (Å²) in [6.45, 7) is 1.88. The van der Waals surface area contributed by atoms with Crippen LogP contribution in [0.1, 0.15) is 24.5 Å². The third-order valence-electron chi connectivity index (χ3n) is 4.43. The van der Waals surface area contributed by atoms with Crippen LogP contribution < -0.4 is 11.1 Å². The highest BCUT2D eigenvalue weighted by molar-refractivity contribution is 5.98. The molecule has 0 saturated carbocycles. The average molecular weight is 337 g/mol. The third kappa shape index (κ3) is 3.27. The molecule has 2 aromatic rings. The third-order valence-corrected chi connectivity index (χ3v) is 4.43. The van der Waals surface area contributed by atoms with Gasteiger partial charge in [0.2, 0.25) is 11.7 Å². The Balaban J connectivity index is 1.97. The number of nitrogens with one attached hydrogen (secondary N) is 1. The van der Waals surface area contributed by atoms with Crippen molar-refractivity contribution >= 4 is 29.6 Å². The Morgan fingerprint density at radius 1 is 1.36 bits per heavy atom. The maximum atomic E-state index is 12.2. The van der Waals surface area contributed by atoms with Crippen molar-refractivity contribution in [3.63, 3.8) is 0 Å². The standard InChI is InChI=1S/C18H20N6O/c1-18(10-16(25)24(2)17(20)23-18)13-6-7-14(12(9-13)11-19)22-15-5-3-4-8-21-15/h3-9,11,19H,10H2,1-2H3,(H2,20,23)(H,21,22)/p+1. The summed E-state index contributed by atoms with van der Waals surface area (Å²) in [6, 6.07) is 11.4. The van der Waals surface area contributed by atoms with Gasteiger partial charge in [-0.3, -0.25) is 15.0 Å². The first kappa shape index (κ1) is 16.8. The van der Waals surface area contributed by atoms with Crippen LogP contribution in [-0.2, 0) is 10.3 Å². The number of pyridine rings is 1. The van der Waals surface area contributed by atoms with Crippen molar-refractivity contribution in [3.05, 3.63) is 53.7 Å². The van der Waals surface area contributed by atoms with Crippen LogP contribution in [0.25, 0.3) is 0 Å². The monoisotopic (exact) mass is 337 g/mol. The first-order valence-electron chi connectivity index (χ1n) is 7.95. The van der Waals surface area contributed by atoms with Crippen LogP contribution in [-0.4, -0.2) is 35.0 Å². The molecule has 1 aromatic heterocycles. The number of guanidine groups is 1. The number of nitrogens with two attached hydrogens (primary N) is 2. The van der Waals surface area contributed by atoms with E-state index < -0.39 is 5.54 Å². The normalized spacial score (nSPS) is 20.3. The molecule has 0 fully saturated rings. The molecular weight excluding hydrogens is 316 g/mol. The lowest BCUT2D eigenvalue weighted by Crippen LogP contribution is -2.72. The Morgan fingerprint density at radius 2 is 2.16 bits per heavy atom. The minimum Gasteiger partial charge on any atom is -0.369 e. The number of quaternary nitrogens is 1. The molecule has 0 saturated heterocycles. The lowest BCUT2D eigenvalue weighted by molar-refractivity contribution is -0.483. The van der Waals surface area contributed by atoms with Gasteiger partial charge in [0.25, 0.3) is 0 Å². The summed E-state index contributed by atoms with van der Waals surface area (Å²) in [4.78, 5) is 22.3. The fraction of sp³-hybridized carbons (Fsp3) is 0.222. The van der Waals surface area contributed by atoms with Crippen molar-refractivity contribution in [3.8, 4) is 0 Å². The van der Waals surface area contributed by atoms with Crippen molar-refractivity contribution in [2.45, 2.75) is 18.9 Å². The van der Waals surface area contributed by atoms with Crippen molar-refractivity contribution in [1.29, 1.82) is 5.41 Å². The second-order valence-corrected chi connectivity index (χ2v) is 6.26. The van der Waals surface area contributed by atoms with Gasteiger partial charge in [0, 0.05) is 31.6 Å². The number of benzene rings is 1. The van der Waals surface area contributed by atoms with E-state index in [1.165, 1.54) is 11.1 Å². The van der Waals surface area contributed by atoms with Crippen molar-refractivity contribution in [1.82, 2.24) is 9.88 Å². The highest BCUT2D eigenvalue weighted by Crippen LogP contribution is 2.33. The van der Waals surface area contributed by atoms with E-state index >= 15 is 0 Å². The van der Waals surface area contributed by atoms with Crippen LogP contribution >= 0.6 is 0 Å². The molecule has 5 N–H and O–H groups in total. The van der Waals surface area contributed by atoms with Gasteiger partial charge >= 0.3 is 0 Å². The topological polar surface area (TPSA) is 112 Å². The van der Waals surface area contributed by atoms with Crippen molar-refractivity contribution in [2.75, 3.05) is 7.05 Å². The van der Waals surface area contributed by atoms with Gasteiger partial charge in [0.15, 0.2) is 5.96 Å². The van der Waals surface area contributed by atoms with Crippen molar-refractivity contribution in [2.24, 2.45) is 10.7 Å². The van der Waals surface area contributed by atoms with E-state index in [4.69, 9.17) is 11.1 Å². The Labute approximate surface area is 146 Å². The van der Waals surface area contributed by atoms with Gasteiger partial charge in [-0.15, -0.1) is 0 Å². The van der Waals surface area contributed by atoms with Gasteiger partial charge in [-0.25, -0.2) is 9.98 Å². The lowest BCUT2D eigenvalue weighted by atomic mass is 9.86. The number of amides is 1. The number of hydrogen-bond donors (Lipinski definition) is 3. The van der Waals surface area contributed by atoms with E-state index in [9.17, 15) is 4.79 Å². The van der Waals surface area contributed by atoms with Crippen LogP contribution in [0.3, 0.4) is 0 Å². The van der Waals surface area contributed by atoms with E-state index in [1.54, 1.807) is 13.2 Å². The molecule has 1 atom stereocenters. The second kappa shape index (κ2) is 6.45. The fourth-order valence-corrected chi connectivity index (χ4v) is 2.86. The molecule has 1 aromatic carbocycles. The van der Waals surface area contributed by atoms with Gasteiger partial charge in [0.1, 0.15) is 5.69 Å². The van der Waals surface area contributed by atoms with Crippen LogP contribution in [0.5, 0.6) is 0 Å².